The molecule has 24 heavy (non-hydrogen) atoms. The number of para-hydroxylation sites is 1. The van der Waals surface area contributed by atoms with Gasteiger partial charge in [0.1, 0.15) is 0 Å². The van der Waals surface area contributed by atoms with Gasteiger partial charge in [-0.1, -0.05) is 24.3 Å². The van der Waals surface area contributed by atoms with Gasteiger partial charge in [0.25, 0.3) is 11.6 Å². The molecule has 0 fully saturated rings. The molecule has 0 spiro atoms. The Labute approximate surface area is 138 Å². The van der Waals surface area contributed by atoms with E-state index in [0.29, 0.717) is 23.4 Å². The first-order valence-electron chi connectivity index (χ1n) is 7.41. The van der Waals surface area contributed by atoms with E-state index >= 15 is 0 Å². The molecule has 2 N–H and O–H groups in total. The van der Waals surface area contributed by atoms with Crippen molar-refractivity contribution in [3.63, 3.8) is 0 Å². The third-order valence-corrected chi connectivity index (χ3v) is 3.29. The highest BCUT2D eigenvalue weighted by molar-refractivity contribution is 5.97. The van der Waals surface area contributed by atoms with Gasteiger partial charge in [0, 0.05) is 29.4 Å². The van der Waals surface area contributed by atoms with E-state index < -0.39 is 10.8 Å². The third kappa shape index (κ3) is 4.39. The molecule has 2 rings (SSSR count). The standard InChI is InChI=1S/C17H17N3O4/c1-2-18-17(22)13-7-5-8-14(10-13)19-16(21)11-12-6-3-4-9-15(12)20(23)24/h3-10H,2,11H2,1H3,(H,18,22)(H,19,21). The predicted octanol–water partition coefficient (Wildman–Crippen LogP) is 2.53. The summed E-state index contributed by atoms with van der Waals surface area (Å²) in [5.74, 6) is -0.621. The molecule has 2 aromatic rings. The highest BCUT2D eigenvalue weighted by Crippen LogP contribution is 2.19. The van der Waals surface area contributed by atoms with Crippen LogP contribution in [-0.2, 0) is 11.2 Å². The topological polar surface area (TPSA) is 101 Å². The van der Waals surface area contributed by atoms with Gasteiger partial charge in [-0.3, -0.25) is 19.7 Å². The molecule has 7 heteroatoms. The number of carbonyl (C=O) groups is 2. The van der Waals surface area contributed by atoms with Crippen LogP contribution in [0.3, 0.4) is 0 Å². The maximum absolute atomic E-state index is 12.1. The number of benzene rings is 2. The van der Waals surface area contributed by atoms with Gasteiger partial charge < -0.3 is 10.6 Å². The lowest BCUT2D eigenvalue weighted by Gasteiger charge is -2.08. The summed E-state index contributed by atoms with van der Waals surface area (Å²) in [5, 5.41) is 16.3. The molecule has 0 radical (unpaired) electrons. The summed E-state index contributed by atoms with van der Waals surface area (Å²) in [6.45, 7) is 2.32. The summed E-state index contributed by atoms with van der Waals surface area (Å²) in [6.07, 6.45) is -0.122. The SMILES string of the molecule is CCNC(=O)c1cccc(NC(=O)Cc2ccccc2[N+](=O)[O-])c1. The fourth-order valence-corrected chi connectivity index (χ4v) is 2.22. The highest BCUT2D eigenvalue weighted by atomic mass is 16.6. The first-order valence-corrected chi connectivity index (χ1v) is 7.41. The minimum atomic E-state index is -0.516. The van der Waals surface area contributed by atoms with E-state index in [2.05, 4.69) is 10.6 Å². The van der Waals surface area contributed by atoms with Crippen molar-refractivity contribution in [2.24, 2.45) is 0 Å². The van der Waals surface area contributed by atoms with Crippen LogP contribution in [0, 0.1) is 10.1 Å². The van der Waals surface area contributed by atoms with Crippen molar-refractivity contribution >= 4 is 23.2 Å². The maximum Gasteiger partial charge on any atom is 0.273 e. The van der Waals surface area contributed by atoms with Crippen LogP contribution in [-0.4, -0.2) is 23.3 Å². The van der Waals surface area contributed by atoms with Crippen LogP contribution in [0.15, 0.2) is 48.5 Å². The fraction of sp³-hybridized carbons (Fsp3) is 0.176. The average molecular weight is 327 g/mol. The van der Waals surface area contributed by atoms with Crippen LogP contribution in [0.25, 0.3) is 0 Å². The molecule has 0 bridgehead atoms. The summed E-state index contributed by atoms with van der Waals surface area (Å²) in [5.41, 5.74) is 1.13. The molecule has 0 heterocycles. The number of nitro groups is 1. The summed E-state index contributed by atoms with van der Waals surface area (Å²) in [4.78, 5) is 34.4. The van der Waals surface area contributed by atoms with E-state index in [9.17, 15) is 19.7 Å². The lowest BCUT2D eigenvalue weighted by Crippen LogP contribution is -2.23. The average Bonchev–Trinajstić information content (AvgIpc) is 2.55. The fourth-order valence-electron chi connectivity index (χ4n) is 2.22. The van der Waals surface area contributed by atoms with E-state index in [1.165, 1.54) is 6.07 Å². The number of carbonyl (C=O) groups excluding carboxylic acids is 2. The Hall–Kier alpha value is -3.22. The molecule has 0 saturated carbocycles. The number of rotatable bonds is 6. The summed E-state index contributed by atoms with van der Waals surface area (Å²) in [7, 11) is 0. The zero-order chi connectivity index (χ0) is 17.5. The molecular formula is C17H17N3O4. The molecular weight excluding hydrogens is 310 g/mol. The highest BCUT2D eigenvalue weighted by Gasteiger charge is 2.15. The van der Waals surface area contributed by atoms with E-state index in [4.69, 9.17) is 0 Å². The predicted molar refractivity (Wildman–Crippen MR) is 89.9 cm³/mol. The number of nitrogens with zero attached hydrogens (tertiary/aromatic N) is 1. The number of hydrogen-bond acceptors (Lipinski definition) is 4. The molecule has 124 valence electrons. The first kappa shape index (κ1) is 17.1. The molecule has 7 nitrogen and oxygen atoms in total. The summed E-state index contributed by atoms with van der Waals surface area (Å²) in [6, 6.07) is 12.6. The van der Waals surface area contributed by atoms with Gasteiger partial charge in [0.05, 0.1) is 11.3 Å². The quantitative estimate of drug-likeness (QED) is 0.628. The van der Waals surface area contributed by atoms with Crippen molar-refractivity contribution in [2.45, 2.75) is 13.3 Å². The second-order valence-corrected chi connectivity index (χ2v) is 5.05. The van der Waals surface area contributed by atoms with Gasteiger partial charge in [-0.05, 0) is 25.1 Å². The molecule has 0 unspecified atom stereocenters. The number of hydrogen-bond donors (Lipinski definition) is 2. The van der Waals surface area contributed by atoms with Gasteiger partial charge >= 0.3 is 0 Å². The van der Waals surface area contributed by atoms with E-state index in [-0.39, 0.29) is 18.0 Å². The van der Waals surface area contributed by atoms with E-state index in [0.717, 1.165) is 0 Å². The number of nitrogens with one attached hydrogen (secondary N) is 2. The van der Waals surface area contributed by atoms with Crippen molar-refractivity contribution in [1.82, 2.24) is 5.32 Å². The van der Waals surface area contributed by atoms with Crippen molar-refractivity contribution in [2.75, 3.05) is 11.9 Å². The van der Waals surface area contributed by atoms with Gasteiger partial charge in [0.15, 0.2) is 0 Å². The summed E-state index contributed by atoms with van der Waals surface area (Å²) < 4.78 is 0. The Morgan fingerprint density at radius 1 is 1.12 bits per heavy atom. The van der Waals surface area contributed by atoms with Crippen LogP contribution in [0.1, 0.15) is 22.8 Å². The van der Waals surface area contributed by atoms with Crippen LogP contribution < -0.4 is 10.6 Å². The molecule has 2 aromatic carbocycles. The molecule has 0 aliphatic heterocycles. The Kier molecular flexibility index (Phi) is 5.62. The molecule has 0 saturated heterocycles. The molecule has 0 aromatic heterocycles. The smallest absolute Gasteiger partial charge is 0.273 e. The van der Waals surface area contributed by atoms with Gasteiger partial charge in [-0.2, -0.15) is 0 Å². The Morgan fingerprint density at radius 2 is 1.88 bits per heavy atom. The second kappa shape index (κ2) is 7.87. The van der Waals surface area contributed by atoms with Crippen LogP contribution in [0.5, 0.6) is 0 Å². The zero-order valence-corrected chi connectivity index (χ0v) is 13.1. The van der Waals surface area contributed by atoms with E-state index in [1.54, 1.807) is 42.5 Å². The Bertz CT molecular complexity index is 774. The largest absolute Gasteiger partial charge is 0.352 e. The van der Waals surface area contributed by atoms with Crippen molar-refractivity contribution < 1.29 is 14.5 Å². The lowest BCUT2D eigenvalue weighted by atomic mass is 10.1. The zero-order valence-electron chi connectivity index (χ0n) is 13.1. The molecule has 0 aliphatic carbocycles. The first-order chi connectivity index (χ1) is 11.5. The Morgan fingerprint density at radius 3 is 2.58 bits per heavy atom. The molecule has 0 atom stereocenters. The lowest BCUT2D eigenvalue weighted by molar-refractivity contribution is -0.385. The monoisotopic (exact) mass is 327 g/mol. The van der Waals surface area contributed by atoms with E-state index in [1.807, 2.05) is 6.92 Å². The van der Waals surface area contributed by atoms with Crippen LogP contribution >= 0.6 is 0 Å². The van der Waals surface area contributed by atoms with Crippen molar-refractivity contribution in [3.05, 3.63) is 69.8 Å². The third-order valence-electron chi connectivity index (χ3n) is 3.29. The maximum atomic E-state index is 12.1. The van der Waals surface area contributed by atoms with Crippen molar-refractivity contribution in [3.8, 4) is 0 Å². The van der Waals surface area contributed by atoms with Gasteiger partial charge in [0.2, 0.25) is 5.91 Å². The minimum Gasteiger partial charge on any atom is -0.352 e. The number of nitro benzene ring substituents is 1. The number of anilines is 1. The number of amides is 2. The van der Waals surface area contributed by atoms with Gasteiger partial charge in [-0.25, -0.2) is 0 Å². The van der Waals surface area contributed by atoms with Crippen LogP contribution in [0.2, 0.25) is 0 Å². The van der Waals surface area contributed by atoms with Gasteiger partial charge in [-0.15, -0.1) is 0 Å². The van der Waals surface area contributed by atoms with Crippen molar-refractivity contribution in [1.29, 1.82) is 0 Å². The molecule has 2 amide bonds. The minimum absolute atomic E-state index is 0.0938. The molecule has 0 aliphatic rings. The second-order valence-electron chi connectivity index (χ2n) is 5.05. The Balaban J connectivity index is 2.09. The summed E-state index contributed by atoms with van der Waals surface area (Å²) >= 11 is 0. The normalized spacial score (nSPS) is 10.0. The van der Waals surface area contributed by atoms with Crippen LogP contribution in [0.4, 0.5) is 11.4 Å².